The molecule has 2 amide bonds. The van der Waals surface area contributed by atoms with Crippen LogP contribution in [0.15, 0.2) is 48.5 Å². The first kappa shape index (κ1) is 19.9. The van der Waals surface area contributed by atoms with Gasteiger partial charge in [0.2, 0.25) is 0 Å². The smallest absolute Gasteiger partial charge is 0.349 e. The van der Waals surface area contributed by atoms with E-state index < -0.39 is 23.5 Å². The fourth-order valence-electron chi connectivity index (χ4n) is 3.11. The van der Waals surface area contributed by atoms with Crippen molar-refractivity contribution in [3.8, 4) is 0 Å². The summed E-state index contributed by atoms with van der Waals surface area (Å²) < 4.78 is 51.0. The van der Waals surface area contributed by atoms with Crippen molar-refractivity contribution >= 4 is 11.8 Å². The molecule has 0 radical (unpaired) electrons. The van der Waals surface area contributed by atoms with Crippen molar-refractivity contribution < 1.29 is 27.2 Å². The van der Waals surface area contributed by atoms with Crippen LogP contribution in [-0.4, -0.2) is 35.8 Å². The minimum atomic E-state index is -4.45. The van der Waals surface area contributed by atoms with Crippen LogP contribution in [0, 0.1) is 5.82 Å². The Morgan fingerprint density at radius 3 is 2.18 bits per heavy atom. The Hall–Kier alpha value is -2.90. The van der Waals surface area contributed by atoms with E-state index in [2.05, 4.69) is 5.32 Å². The average Bonchev–Trinajstić information content (AvgIpc) is 2.67. The molecule has 0 atom stereocenters. The first-order valence-corrected chi connectivity index (χ1v) is 8.77. The van der Waals surface area contributed by atoms with Crippen LogP contribution in [0.25, 0.3) is 0 Å². The minimum absolute atomic E-state index is 0.145. The van der Waals surface area contributed by atoms with Crippen LogP contribution in [-0.2, 0) is 6.18 Å². The largest absolute Gasteiger partial charge is 0.416 e. The minimum Gasteiger partial charge on any atom is -0.349 e. The van der Waals surface area contributed by atoms with Crippen LogP contribution in [0.3, 0.4) is 0 Å². The van der Waals surface area contributed by atoms with Crippen LogP contribution < -0.4 is 5.32 Å². The van der Waals surface area contributed by atoms with E-state index >= 15 is 0 Å². The molecule has 2 aromatic carbocycles. The lowest BCUT2D eigenvalue weighted by atomic mass is 10.0. The number of amides is 2. The zero-order valence-corrected chi connectivity index (χ0v) is 14.8. The normalized spacial score (nSPS) is 15.4. The predicted octanol–water partition coefficient (Wildman–Crippen LogP) is 3.88. The quantitative estimate of drug-likeness (QED) is 0.804. The second kappa shape index (κ2) is 8.00. The number of carbonyl (C=O) groups is 2. The molecule has 28 heavy (non-hydrogen) atoms. The van der Waals surface area contributed by atoms with E-state index in [1.54, 1.807) is 11.0 Å². The second-order valence-electron chi connectivity index (χ2n) is 6.63. The highest BCUT2D eigenvalue weighted by molar-refractivity contribution is 5.95. The fraction of sp³-hybridized carbons (Fsp3) is 0.300. The van der Waals surface area contributed by atoms with E-state index in [1.165, 1.54) is 18.2 Å². The third-order valence-electron chi connectivity index (χ3n) is 4.66. The molecule has 0 bridgehead atoms. The van der Waals surface area contributed by atoms with Gasteiger partial charge < -0.3 is 10.2 Å². The number of likely N-dealkylation sites (tertiary alicyclic amines) is 1. The number of nitrogens with zero attached hydrogens (tertiary/aromatic N) is 1. The molecule has 3 rings (SSSR count). The molecule has 0 aromatic heterocycles. The lowest BCUT2D eigenvalue weighted by Crippen LogP contribution is -2.46. The summed E-state index contributed by atoms with van der Waals surface area (Å²) in [4.78, 5) is 26.2. The van der Waals surface area contributed by atoms with Gasteiger partial charge in [0.25, 0.3) is 11.8 Å². The second-order valence-corrected chi connectivity index (χ2v) is 6.63. The number of alkyl halides is 3. The van der Waals surface area contributed by atoms with Crippen molar-refractivity contribution in [2.24, 2.45) is 0 Å². The number of nitrogens with one attached hydrogen (secondary N) is 1. The van der Waals surface area contributed by atoms with E-state index in [4.69, 9.17) is 0 Å². The summed E-state index contributed by atoms with van der Waals surface area (Å²) >= 11 is 0. The van der Waals surface area contributed by atoms with Crippen LogP contribution in [0.1, 0.15) is 39.1 Å². The molecule has 0 spiro atoms. The van der Waals surface area contributed by atoms with Gasteiger partial charge in [-0.1, -0.05) is 6.07 Å². The van der Waals surface area contributed by atoms with Gasteiger partial charge in [0.1, 0.15) is 5.82 Å². The number of hydrogen-bond acceptors (Lipinski definition) is 2. The Morgan fingerprint density at radius 1 is 0.964 bits per heavy atom. The van der Waals surface area contributed by atoms with Crippen molar-refractivity contribution in [1.82, 2.24) is 10.2 Å². The number of carbonyl (C=O) groups excluding carboxylic acids is 2. The van der Waals surface area contributed by atoms with E-state index in [0.717, 1.165) is 24.3 Å². The van der Waals surface area contributed by atoms with Crippen molar-refractivity contribution in [2.75, 3.05) is 13.1 Å². The molecule has 148 valence electrons. The first-order valence-electron chi connectivity index (χ1n) is 8.77. The van der Waals surface area contributed by atoms with Crippen LogP contribution >= 0.6 is 0 Å². The van der Waals surface area contributed by atoms with E-state index in [-0.39, 0.29) is 23.1 Å². The molecule has 1 aliphatic heterocycles. The Balaban J connectivity index is 1.54. The summed E-state index contributed by atoms with van der Waals surface area (Å²) in [6.45, 7) is 0.792. The fourth-order valence-corrected chi connectivity index (χ4v) is 3.11. The van der Waals surface area contributed by atoms with Gasteiger partial charge in [-0.25, -0.2) is 4.39 Å². The molecule has 1 N–H and O–H groups in total. The molecule has 8 heteroatoms. The zero-order valence-electron chi connectivity index (χ0n) is 14.8. The van der Waals surface area contributed by atoms with Crippen molar-refractivity contribution in [3.05, 3.63) is 71.0 Å². The Kier molecular flexibility index (Phi) is 5.67. The van der Waals surface area contributed by atoms with Gasteiger partial charge in [0, 0.05) is 30.3 Å². The van der Waals surface area contributed by atoms with Gasteiger partial charge in [-0.3, -0.25) is 9.59 Å². The zero-order chi connectivity index (χ0) is 20.3. The molecule has 1 aliphatic rings. The third-order valence-corrected chi connectivity index (χ3v) is 4.66. The van der Waals surface area contributed by atoms with Crippen LogP contribution in [0.4, 0.5) is 17.6 Å². The number of benzene rings is 2. The molecule has 0 unspecified atom stereocenters. The van der Waals surface area contributed by atoms with Crippen molar-refractivity contribution in [2.45, 2.75) is 25.1 Å². The van der Waals surface area contributed by atoms with E-state index in [9.17, 15) is 27.2 Å². The maximum Gasteiger partial charge on any atom is 0.416 e. The average molecular weight is 394 g/mol. The molecule has 2 aromatic rings. The molecule has 1 saturated heterocycles. The number of halogens is 4. The van der Waals surface area contributed by atoms with Crippen LogP contribution in [0.2, 0.25) is 0 Å². The monoisotopic (exact) mass is 394 g/mol. The highest BCUT2D eigenvalue weighted by atomic mass is 19.4. The maximum atomic E-state index is 13.3. The lowest BCUT2D eigenvalue weighted by Gasteiger charge is -2.32. The van der Waals surface area contributed by atoms with E-state index in [0.29, 0.717) is 25.9 Å². The molecular weight excluding hydrogens is 376 g/mol. The molecular formula is C20H18F4N2O2. The summed E-state index contributed by atoms with van der Waals surface area (Å²) in [7, 11) is 0. The van der Waals surface area contributed by atoms with Crippen molar-refractivity contribution in [1.29, 1.82) is 0 Å². The highest BCUT2D eigenvalue weighted by Crippen LogP contribution is 2.29. The first-order chi connectivity index (χ1) is 13.2. The molecule has 0 saturated carbocycles. The van der Waals surface area contributed by atoms with Crippen molar-refractivity contribution in [3.63, 3.8) is 0 Å². The molecule has 1 heterocycles. The molecule has 1 fully saturated rings. The molecule has 4 nitrogen and oxygen atoms in total. The summed E-state index contributed by atoms with van der Waals surface area (Å²) in [5, 5.41) is 2.78. The maximum absolute atomic E-state index is 13.3. The summed E-state index contributed by atoms with van der Waals surface area (Å²) in [5.41, 5.74) is -0.397. The molecule has 0 aliphatic carbocycles. The lowest BCUT2D eigenvalue weighted by molar-refractivity contribution is -0.137. The number of hydrogen-bond donors (Lipinski definition) is 1. The number of piperidine rings is 1. The van der Waals surface area contributed by atoms with Gasteiger partial charge in [0.05, 0.1) is 5.56 Å². The van der Waals surface area contributed by atoms with Gasteiger partial charge in [-0.2, -0.15) is 13.2 Å². The third kappa shape index (κ3) is 4.68. The van der Waals surface area contributed by atoms with Gasteiger partial charge in [-0.05, 0) is 55.3 Å². The van der Waals surface area contributed by atoms with Gasteiger partial charge >= 0.3 is 6.18 Å². The summed E-state index contributed by atoms with van der Waals surface area (Å²) in [5.74, 6) is -1.21. The SMILES string of the molecule is O=C(NC1CCN(C(=O)c2cccc(F)c2)CC1)c1ccc(C(F)(F)F)cc1. The van der Waals surface area contributed by atoms with Gasteiger partial charge in [-0.15, -0.1) is 0 Å². The topological polar surface area (TPSA) is 49.4 Å². The Morgan fingerprint density at radius 2 is 1.61 bits per heavy atom. The van der Waals surface area contributed by atoms with Gasteiger partial charge in [0.15, 0.2) is 0 Å². The summed E-state index contributed by atoms with van der Waals surface area (Å²) in [6.07, 6.45) is -3.43. The highest BCUT2D eigenvalue weighted by Gasteiger charge is 2.30. The van der Waals surface area contributed by atoms with Crippen LogP contribution in [0.5, 0.6) is 0 Å². The summed E-state index contributed by atoms with van der Waals surface area (Å²) in [6, 6.07) is 9.29. The standard InChI is InChI=1S/C20H18F4N2O2/c21-16-3-1-2-14(12-16)19(28)26-10-8-17(9-11-26)25-18(27)13-4-6-15(7-5-13)20(22,23)24/h1-7,12,17H,8-11H2,(H,25,27). The van der Waals surface area contributed by atoms with E-state index in [1.807, 2.05) is 0 Å². The predicted molar refractivity (Wildman–Crippen MR) is 94.2 cm³/mol. The Labute approximate surface area is 159 Å². The number of rotatable bonds is 3. The Bertz CT molecular complexity index is 857.